The Morgan fingerprint density at radius 1 is 1.14 bits per heavy atom. The average Bonchev–Trinajstić information content (AvgIpc) is 2.14. The summed E-state index contributed by atoms with van der Waals surface area (Å²) in [6, 6.07) is 10.6. The summed E-state index contributed by atoms with van der Waals surface area (Å²) in [6.45, 7) is 9.71. The zero-order valence-corrected chi connectivity index (χ0v) is 10.7. The van der Waals surface area contributed by atoms with Crippen molar-refractivity contribution in [1.82, 2.24) is 0 Å². The zero-order chi connectivity index (χ0) is 10.6. The quantitative estimate of drug-likeness (QED) is 0.693. The van der Waals surface area contributed by atoms with Crippen LogP contribution in [0.4, 0.5) is 0 Å². The van der Waals surface area contributed by atoms with Crippen molar-refractivity contribution < 1.29 is 4.43 Å². The van der Waals surface area contributed by atoms with E-state index in [1.807, 2.05) is 0 Å². The fraction of sp³-hybridized carbons (Fsp3) is 0.500. The first-order chi connectivity index (χ1) is 6.55. The minimum Gasteiger partial charge on any atom is -0.415 e. The van der Waals surface area contributed by atoms with Crippen LogP contribution in [-0.2, 0) is 4.43 Å². The maximum Gasteiger partial charge on any atom is 0.213 e. The lowest BCUT2D eigenvalue weighted by molar-refractivity contribution is 0.331. The molecule has 1 aromatic rings. The molecule has 2 heteroatoms. The molecule has 0 aliphatic carbocycles. The van der Waals surface area contributed by atoms with Gasteiger partial charge in [-0.3, -0.25) is 0 Å². The van der Waals surface area contributed by atoms with Crippen LogP contribution in [0.3, 0.4) is 0 Å². The van der Waals surface area contributed by atoms with Gasteiger partial charge in [0.25, 0.3) is 0 Å². The Kier molecular flexibility index (Phi) is 3.90. The third-order valence-electron chi connectivity index (χ3n) is 2.22. The van der Waals surface area contributed by atoms with Crippen LogP contribution in [0.1, 0.15) is 27.7 Å². The van der Waals surface area contributed by atoms with E-state index in [0.717, 1.165) is 6.61 Å². The second-order valence-electron chi connectivity index (χ2n) is 4.61. The monoisotopic (exact) mass is 208 g/mol. The molecule has 0 spiro atoms. The molecule has 1 rings (SSSR count). The summed E-state index contributed by atoms with van der Waals surface area (Å²) in [5.74, 6) is 0. The number of benzene rings is 1. The molecule has 0 aliphatic rings. The van der Waals surface area contributed by atoms with Crippen LogP contribution in [0.2, 0.25) is 5.04 Å². The van der Waals surface area contributed by atoms with Gasteiger partial charge in [-0.2, -0.15) is 0 Å². The number of rotatable bonds is 3. The minimum absolute atomic E-state index is 0.289. The smallest absolute Gasteiger partial charge is 0.213 e. The van der Waals surface area contributed by atoms with Gasteiger partial charge in [-0.1, -0.05) is 51.1 Å². The second kappa shape index (κ2) is 4.76. The van der Waals surface area contributed by atoms with Crippen molar-refractivity contribution in [3.05, 3.63) is 30.3 Å². The maximum absolute atomic E-state index is 5.93. The van der Waals surface area contributed by atoms with Gasteiger partial charge in [0, 0.05) is 6.61 Å². The lowest BCUT2D eigenvalue weighted by Crippen LogP contribution is -2.41. The Balaban J connectivity index is 2.89. The molecule has 1 nitrogen and oxygen atoms in total. The molecule has 0 N–H and O–H groups in total. The third kappa shape index (κ3) is 2.96. The van der Waals surface area contributed by atoms with Crippen molar-refractivity contribution in [3.63, 3.8) is 0 Å². The van der Waals surface area contributed by atoms with Crippen molar-refractivity contribution in [3.8, 4) is 0 Å². The summed E-state index contributed by atoms with van der Waals surface area (Å²) >= 11 is 0. The second-order valence-corrected chi connectivity index (χ2v) is 8.10. The molecule has 0 heterocycles. The van der Waals surface area contributed by atoms with Crippen molar-refractivity contribution >= 4 is 14.2 Å². The fourth-order valence-corrected chi connectivity index (χ4v) is 4.24. The summed E-state index contributed by atoms with van der Waals surface area (Å²) in [4.78, 5) is 0. The molecule has 14 heavy (non-hydrogen) atoms. The Morgan fingerprint density at radius 2 is 1.71 bits per heavy atom. The van der Waals surface area contributed by atoms with Crippen LogP contribution in [-0.4, -0.2) is 15.6 Å². The van der Waals surface area contributed by atoms with Gasteiger partial charge in [-0.15, -0.1) is 0 Å². The van der Waals surface area contributed by atoms with Crippen LogP contribution in [0.15, 0.2) is 30.3 Å². The molecule has 1 unspecified atom stereocenters. The normalized spacial score (nSPS) is 14.0. The molecule has 0 aliphatic heterocycles. The first-order valence-corrected chi connectivity index (χ1v) is 6.85. The minimum atomic E-state index is -1.28. The van der Waals surface area contributed by atoms with Crippen molar-refractivity contribution in [2.75, 3.05) is 6.61 Å². The van der Waals surface area contributed by atoms with E-state index in [1.165, 1.54) is 5.19 Å². The molecule has 78 valence electrons. The van der Waals surface area contributed by atoms with E-state index in [4.69, 9.17) is 4.43 Å². The van der Waals surface area contributed by atoms with E-state index in [9.17, 15) is 0 Å². The van der Waals surface area contributed by atoms with Gasteiger partial charge in [-0.25, -0.2) is 0 Å². The van der Waals surface area contributed by atoms with Gasteiger partial charge in [0.2, 0.25) is 9.04 Å². The van der Waals surface area contributed by atoms with Gasteiger partial charge >= 0.3 is 0 Å². The number of hydrogen-bond donors (Lipinski definition) is 0. The van der Waals surface area contributed by atoms with Crippen LogP contribution in [0.25, 0.3) is 0 Å². The Bertz CT molecular complexity index is 263. The van der Waals surface area contributed by atoms with Gasteiger partial charge in [-0.05, 0) is 17.1 Å². The van der Waals surface area contributed by atoms with E-state index in [-0.39, 0.29) is 5.04 Å². The summed E-state index contributed by atoms with van der Waals surface area (Å²) in [7, 11) is -1.28. The third-order valence-corrected chi connectivity index (χ3v) is 5.45. The van der Waals surface area contributed by atoms with Gasteiger partial charge in [0.05, 0.1) is 0 Å². The SMILES string of the molecule is CCO[SiH](c1ccccc1)C(C)(C)C. The van der Waals surface area contributed by atoms with Crippen molar-refractivity contribution in [1.29, 1.82) is 0 Å². The highest BCUT2D eigenvalue weighted by Crippen LogP contribution is 2.27. The van der Waals surface area contributed by atoms with Gasteiger partial charge in [0.15, 0.2) is 0 Å². The highest BCUT2D eigenvalue weighted by atomic mass is 28.3. The zero-order valence-electron chi connectivity index (χ0n) is 9.58. The standard InChI is InChI=1S/C12H20OSi/c1-5-13-14(12(2,3)4)11-9-7-6-8-10-11/h6-10,14H,5H2,1-4H3. The molecule has 0 fully saturated rings. The average molecular weight is 208 g/mol. The first kappa shape index (κ1) is 11.5. The molecule has 1 aromatic carbocycles. The molecule has 0 bridgehead atoms. The summed E-state index contributed by atoms with van der Waals surface area (Å²) in [6.07, 6.45) is 0. The summed E-state index contributed by atoms with van der Waals surface area (Å²) in [5, 5.41) is 1.69. The van der Waals surface area contributed by atoms with E-state index in [0.29, 0.717) is 0 Å². The predicted molar refractivity (Wildman–Crippen MR) is 64.6 cm³/mol. The largest absolute Gasteiger partial charge is 0.415 e. The molecule has 0 saturated heterocycles. The molecule has 0 radical (unpaired) electrons. The van der Waals surface area contributed by atoms with E-state index in [2.05, 4.69) is 58.0 Å². The van der Waals surface area contributed by atoms with Crippen LogP contribution < -0.4 is 5.19 Å². The molecule has 0 aromatic heterocycles. The van der Waals surface area contributed by atoms with Crippen molar-refractivity contribution in [2.45, 2.75) is 32.7 Å². The fourth-order valence-electron chi connectivity index (χ4n) is 1.64. The van der Waals surface area contributed by atoms with E-state index < -0.39 is 9.04 Å². The molecular formula is C12H20OSi. The number of hydrogen-bond acceptors (Lipinski definition) is 1. The molecule has 0 amide bonds. The van der Waals surface area contributed by atoms with Crippen LogP contribution in [0, 0.1) is 0 Å². The van der Waals surface area contributed by atoms with Gasteiger partial charge < -0.3 is 4.43 Å². The molecule has 1 atom stereocenters. The van der Waals surface area contributed by atoms with E-state index >= 15 is 0 Å². The Labute approximate surface area is 88.8 Å². The summed E-state index contributed by atoms with van der Waals surface area (Å²) in [5.41, 5.74) is 0. The topological polar surface area (TPSA) is 9.23 Å². The highest BCUT2D eigenvalue weighted by Gasteiger charge is 2.28. The van der Waals surface area contributed by atoms with E-state index in [1.54, 1.807) is 0 Å². The molecular weight excluding hydrogens is 188 g/mol. The highest BCUT2D eigenvalue weighted by molar-refractivity contribution is 6.70. The van der Waals surface area contributed by atoms with Crippen molar-refractivity contribution in [2.24, 2.45) is 0 Å². The molecule has 0 saturated carbocycles. The first-order valence-electron chi connectivity index (χ1n) is 5.22. The van der Waals surface area contributed by atoms with Crippen LogP contribution >= 0.6 is 0 Å². The van der Waals surface area contributed by atoms with Gasteiger partial charge in [0.1, 0.15) is 0 Å². The van der Waals surface area contributed by atoms with Crippen LogP contribution in [0.5, 0.6) is 0 Å². The lowest BCUT2D eigenvalue weighted by Gasteiger charge is -2.28. The Hall–Kier alpha value is -0.603. The Morgan fingerprint density at radius 3 is 2.14 bits per heavy atom. The maximum atomic E-state index is 5.93. The predicted octanol–water partition coefficient (Wildman–Crippen LogP) is 2.45. The lowest BCUT2D eigenvalue weighted by atomic mass is 10.2. The summed E-state index contributed by atoms with van der Waals surface area (Å²) < 4.78 is 5.93.